The van der Waals surface area contributed by atoms with Gasteiger partial charge in [-0.05, 0) is 60.2 Å². The second-order valence-corrected chi connectivity index (χ2v) is 14.1. The first kappa shape index (κ1) is 41.8. The number of likely N-dealkylation sites (tertiary alicyclic amines) is 1. The number of carbonyl (C=O) groups excluding carboxylic acids is 4. The van der Waals surface area contributed by atoms with E-state index in [4.69, 9.17) is 4.74 Å². The van der Waals surface area contributed by atoms with Crippen molar-refractivity contribution in [2.24, 2.45) is 0 Å². The van der Waals surface area contributed by atoms with Gasteiger partial charge in [0.2, 0.25) is 11.8 Å². The van der Waals surface area contributed by atoms with Crippen LogP contribution in [0, 0.1) is 6.92 Å². The molecule has 13 nitrogen and oxygen atoms in total. The standard InChI is InChI=1S/C44H52N6O7/c1-33-13-9-10-18-37(33)45-43(55)46-38-21-20-36(29-39(38)57-2)30-41(52)49(31-34-14-5-3-6-15-34)27-28-50(32-35-16-7-4-8-17-35)44(56)48(26-22-42(53)54)25-12-24-47-23-11-19-40(47)51/h3-10,13-18,20-21,29H,11-12,19,22-28,30-32H2,1-2H3,(H,53,54)(H2,45,46,55). The molecule has 0 unspecified atom stereocenters. The summed E-state index contributed by atoms with van der Waals surface area (Å²) in [7, 11) is 1.50. The van der Waals surface area contributed by atoms with Gasteiger partial charge in [0, 0.05) is 64.5 Å². The Balaban J connectivity index is 1.32. The molecule has 0 spiro atoms. The molecule has 57 heavy (non-hydrogen) atoms. The number of anilines is 2. The number of hydrogen-bond donors (Lipinski definition) is 3. The van der Waals surface area contributed by atoms with E-state index in [0.29, 0.717) is 55.2 Å². The molecule has 13 heteroatoms. The lowest BCUT2D eigenvalue weighted by molar-refractivity contribution is -0.137. The molecule has 1 aliphatic heterocycles. The van der Waals surface area contributed by atoms with Gasteiger partial charge in [-0.15, -0.1) is 0 Å². The highest BCUT2D eigenvalue weighted by Crippen LogP contribution is 2.27. The average Bonchev–Trinajstić information content (AvgIpc) is 3.62. The molecule has 1 fully saturated rings. The maximum atomic E-state index is 14.3. The van der Waals surface area contributed by atoms with E-state index in [-0.39, 0.29) is 63.4 Å². The largest absolute Gasteiger partial charge is 0.495 e. The van der Waals surface area contributed by atoms with Crippen LogP contribution in [0.25, 0.3) is 0 Å². The van der Waals surface area contributed by atoms with Crippen LogP contribution in [-0.2, 0) is 33.9 Å². The molecule has 4 aromatic carbocycles. The van der Waals surface area contributed by atoms with Crippen LogP contribution in [0.5, 0.6) is 5.75 Å². The molecule has 0 bridgehead atoms. The zero-order valence-corrected chi connectivity index (χ0v) is 32.7. The monoisotopic (exact) mass is 776 g/mol. The fourth-order valence-electron chi connectivity index (χ4n) is 6.73. The number of aryl methyl sites for hydroxylation is 1. The minimum absolute atomic E-state index is 0.0142. The van der Waals surface area contributed by atoms with Gasteiger partial charge in [-0.3, -0.25) is 14.4 Å². The molecule has 5 rings (SSSR count). The van der Waals surface area contributed by atoms with Gasteiger partial charge in [0.15, 0.2) is 0 Å². The number of nitrogens with zero attached hydrogens (tertiary/aromatic N) is 4. The number of urea groups is 2. The van der Waals surface area contributed by atoms with Crippen LogP contribution in [-0.4, -0.2) is 101 Å². The van der Waals surface area contributed by atoms with Crippen molar-refractivity contribution < 1.29 is 33.8 Å². The predicted molar refractivity (Wildman–Crippen MR) is 219 cm³/mol. The molecule has 0 atom stereocenters. The SMILES string of the molecule is COc1cc(CC(=O)N(CCN(Cc2ccccc2)C(=O)N(CCCN2CCCC2=O)CCC(=O)O)Cc2ccccc2)ccc1NC(=O)Nc1ccccc1C. The van der Waals surface area contributed by atoms with Gasteiger partial charge in [0.05, 0.1) is 25.6 Å². The molecular formula is C44H52N6O7. The molecule has 4 aromatic rings. The fraction of sp³-hybridized carbons (Fsp3) is 0.341. The van der Waals surface area contributed by atoms with Crippen LogP contribution in [0.15, 0.2) is 103 Å². The average molecular weight is 777 g/mol. The molecule has 300 valence electrons. The first-order chi connectivity index (χ1) is 27.6. The Kier molecular flexibility index (Phi) is 15.4. The Hall–Kier alpha value is -6.37. The minimum Gasteiger partial charge on any atom is -0.495 e. The van der Waals surface area contributed by atoms with Crippen LogP contribution in [0.3, 0.4) is 0 Å². The lowest BCUT2D eigenvalue weighted by Gasteiger charge is -2.33. The van der Waals surface area contributed by atoms with E-state index in [2.05, 4.69) is 10.6 Å². The maximum Gasteiger partial charge on any atom is 0.323 e. The molecule has 0 aromatic heterocycles. The summed E-state index contributed by atoms with van der Waals surface area (Å²) in [5.74, 6) is -0.698. The number of rotatable bonds is 19. The highest BCUT2D eigenvalue weighted by Gasteiger charge is 2.26. The minimum atomic E-state index is -1.01. The summed E-state index contributed by atoms with van der Waals surface area (Å²) in [6.45, 7) is 4.33. The van der Waals surface area contributed by atoms with Gasteiger partial charge in [-0.2, -0.15) is 0 Å². The number of amides is 6. The summed E-state index contributed by atoms with van der Waals surface area (Å²) in [5, 5.41) is 15.2. The third-order valence-electron chi connectivity index (χ3n) is 9.85. The van der Waals surface area contributed by atoms with Gasteiger partial charge < -0.3 is 40.1 Å². The number of para-hydroxylation sites is 1. The Labute approximate surface area is 334 Å². The topological polar surface area (TPSA) is 152 Å². The van der Waals surface area contributed by atoms with Crippen LogP contribution in [0.2, 0.25) is 0 Å². The van der Waals surface area contributed by atoms with Gasteiger partial charge in [-0.1, -0.05) is 84.9 Å². The summed E-state index contributed by atoms with van der Waals surface area (Å²) in [4.78, 5) is 71.9. The summed E-state index contributed by atoms with van der Waals surface area (Å²) in [5.41, 5.74) is 4.53. The van der Waals surface area contributed by atoms with E-state index >= 15 is 0 Å². The van der Waals surface area contributed by atoms with Gasteiger partial charge in [0.1, 0.15) is 5.75 Å². The summed E-state index contributed by atoms with van der Waals surface area (Å²) in [6, 6.07) is 31.0. The number of benzene rings is 4. The van der Waals surface area contributed by atoms with E-state index in [0.717, 1.165) is 23.1 Å². The van der Waals surface area contributed by atoms with Crippen LogP contribution in [0.4, 0.5) is 21.0 Å². The molecule has 1 heterocycles. The van der Waals surface area contributed by atoms with Crippen molar-refractivity contribution in [3.05, 3.63) is 125 Å². The third kappa shape index (κ3) is 12.8. The number of aliphatic carboxylic acids is 1. The zero-order valence-electron chi connectivity index (χ0n) is 32.7. The zero-order chi connectivity index (χ0) is 40.6. The van der Waals surface area contributed by atoms with E-state index in [9.17, 15) is 29.1 Å². The third-order valence-corrected chi connectivity index (χ3v) is 9.85. The molecule has 3 N–H and O–H groups in total. The van der Waals surface area contributed by atoms with E-state index < -0.39 is 12.0 Å². The highest BCUT2D eigenvalue weighted by molar-refractivity contribution is 6.01. The van der Waals surface area contributed by atoms with Crippen molar-refractivity contribution in [1.29, 1.82) is 0 Å². The summed E-state index contributed by atoms with van der Waals surface area (Å²) >= 11 is 0. The van der Waals surface area contributed by atoms with Crippen molar-refractivity contribution in [1.82, 2.24) is 19.6 Å². The molecule has 0 saturated carbocycles. The summed E-state index contributed by atoms with van der Waals surface area (Å²) in [6.07, 6.45) is 1.67. The van der Waals surface area contributed by atoms with Crippen LogP contribution < -0.4 is 15.4 Å². The number of hydrogen-bond acceptors (Lipinski definition) is 6. The van der Waals surface area contributed by atoms with Crippen LogP contribution in [0.1, 0.15) is 47.9 Å². The highest BCUT2D eigenvalue weighted by atomic mass is 16.5. The molecule has 1 aliphatic rings. The molecule has 0 radical (unpaired) electrons. The maximum absolute atomic E-state index is 14.3. The number of nitrogens with one attached hydrogen (secondary N) is 2. The fourth-order valence-corrected chi connectivity index (χ4v) is 6.73. The number of carboxylic acid groups (broad SMARTS) is 1. The Morgan fingerprint density at radius 1 is 0.737 bits per heavy atom. The number of carbonyl (C=O) groups is 5. The lowest BCUT2D eigenvalue weighted by Crippen LogP contribution is -2.48. The Morgan fingerprint density at radius 3 is 2.00 bits per heavy atom. The smallest absolute Gasteiger partial charge is 0.323 e. The van der Waals surface area contributed by atoms with E-state index in [1.807, 2.05) is 91.9 Å². The van der Waals surface area contributed by atoms with Crippen molar-refractivity contribution in [3.63, 3.8) is 0 Å². The van der Waals surface area contributed by atoms with E-state index in [1.54, 1.807) is 37.8 Å². The normalized spacial score (nSPS) is 12.2. The van der Waals surface area contributed by atoms with Gasteiger partial charge >= 0.3 is 18.0 Å². The first-order valence-corrected chi connectivity index (χ1v) is 19.3. The number of methoxy groups -OCH3 is 1. The van der Waals surface area contributed by atoms with Crippen molar-refractivity contribution in [2.75, 3.05) is 57.0 Å². The quantitative estimate of drug-likeness (QED) is 0.0967. The molecule has 6 amide bonds. The molecular weight excluding hydrogens is 725 g/mol. The van der Waals surface area contributed by atoms with E-state index in [1.165, 1.54) is 7.11 Å². The second-order valence-electron chi connectivity index (χ2n) is 14.1. The first-order valence-electron chi connectivity index (χ1n) is 19.3. The number of ether oxygens (including phenoxy) is 1. The van der Waals surface area contributed by atoms with Gasteiger partial charge in [0.25, 0.3) is 0 Å². The van der Waals surface area contributed by atoms with Crippen molar-refractivity contribution in [3.8, 4) is 5.75 Å². The van der Waals surface area contributed by atoms with Crippen molar-refractivity contribution >= 4 is 41.2 Å². The molecule has 0 aliphatic carbocycles. The second kappa shape index (κ2) is 21.1. The predicted octanol–water partition coefficient (Wildman–Crippen LogP) is 6.63. The lowest BCUT2D eigenvalue weighted by atomic mass is 10.1. The van der Waals surface area contributed by atoms with Crippen molar-refractivity contribution in [2.45, 2.75) is 52.1 Å². The van der Waals surface area contributed by atoms with Gasteiger partial charge in [-0.25, -0.2) is 9.59 Å². The van der Waals surface area contributed by atoms with Crippen LogP contribution >= 0.6 is 0 Å². The number of carboxylic acids is 1. The Bertz CT molecular complexity index is 1980. The Morgan fingerprint density at radius 2 is 1.37 bits per heavy atom. The molecule has 1 saturated heterocycles. The summed E-state index contributed by atoms with van der Waals surface area (Å²) < 4.78 is 5.61.